The van der Waals surface area contributed by atoms with Crippen LogP contribution in [0.1, 0.15) is 48.6 Å². The van der Waals surface area contributed by atoms with Crippen LogP contribution in [0, 0.1) is 13.8 Å². The van der Waals surface area contributed by atoms with Crippen molar-refractivity contribution in [3.8, 4) is 5.75 Å². The van der Waals surface area contributed by atoms with Crippen LogP contribution < -0.4 is 4.72 Å². The average Bonchev–Trinajstić information content (AvgIpc) is 2.62. The SMILES string of the molecule is CCc1cc(CC)c(S(=O)(=O)Nc2cc(C)c(O)c(Cl)c2C)c(CC)c1. The molecule has 0 spiro atoms. The summed E-state index contributed by atoms with van der Waals surface area (Å²) in [5, 5.41) is 10.1. The first-order valence-electron chi connectivity index (χ1n) is 8.82. The molecule has 0 aliphatic rings. The molecule has 0 aromatic heterocycles. The number of sulfonamides is 1. The maximum absolute atomic E-state index is 13.2. The van der Waals surface area contributed by atoms with Gasteiger partial charge in [-0.1, -0.05) is 44.5 Å². The zero-order chi connectivity index (χ0) is 19.6. The maximum atomic E-state index is 13.2. The van der Waals surface area contributed by atoms with Crippen molar-refractivity contribution in [2.75, 3.05) is 4.72 Å². The second kappa shape index (κ2) is 7.89. The molecule has 2 aromatic carbocycles. The zero-order valence-corrected chi connectivity index (χ0v) is 17.5. The fourth-order valence-corrected chi connectivity index (χ4v) is 5.02. The van der Waals surface area contributed by atoms with Crippen molar-refractivity contribution >= 4 is 27.3 Å². The first-order chi connectivity index (χ1) is 12.2. The van der Waals surface area contributed by atoms with Crippen LogP contribution in [0.15, 0.2) is 23.1 Å². The molecule has 2 rings (SSSR count). The van der Waals surface area contributed by atoms with Crippen LogP contribution in [-0.4, -0.2) is 13.5 Å². The van der Waals surface area contributed by atoms with Crippen molar-refractivity contribution in [3.05, 3.63) is 51.0 Å². The highest BCUT2D eigenvalue weighted by atomic mass is 35.5. The lowest BCUT2D eigenvalue weighted by Crippen LogP contribution is -2.18. The summed E-state index contributed by atoms with van der Waals surface area (Å²) in [6.07, 6.45) is 2.12. The molecular weight excluding hydrogens is 370 g/mol. The van der Waals surface area contributed by atoms with E-state index in [9.17, 15) is 13.5 Å². The van der Waals surface area contributed by atoms with E-state index >= 15 is 0 Å². The van der Waals surface area contributed by atoms with E-state index in [2.05, 4.69) is 11.6 Å². The molecule has 6 heteroatoms. The Kier molecular flexibility index (Phi) is 6.25. The Labute approximate surface area is 161 Å². The van der Waals surface area contributed by atoms with E-state index in [1.807, 2.05) is 26.0 Å². The van der Waals surface area contributed by atoms with Crippen LogP contribution in [0.3, 0.4) is 0 Å². The quantitative estimate of drug-likeness (QED) is 0.664. The summed E-state index contributed by atoms with van der Waals surface area (Å²) >= 11 is 6.13. The number of phenolic OH excluding ortho intramolecular Hbond substituents is 1. The van der Waals surface area contributed by atoms with Crippen molar-refractivity contribution in [1.82, 2.24) is 0 Å². The second-order valence-electron chi connectivity index (χ2n) is 6.44. The molecule has 0 saturated heterocycles. The number of aromatic hydroxyl groups is 1. The van der Waals surface area contributed by atoms with Gasteiger partial charge in [-0.3, -0.25) is 4.72 Å². The Morgan fingerprint density at radius 3 is 2.00 bits per heavy atom. The summed E-state index contributed by atoms with van der Waals surface area (Å²) in [5.41, 5.74) is 4.16. The van der Waals surface area contributed by atoms with Crippen LogP contribution in [0.4, 0.5) is 5.69 Å². The number of nitrogens with one attached hydrogen (secondary N) is 1. The predicted molar refractivity (Wildman–Crippen MR) is 108 cm³/mol. The van der Waals surface area contributed by atoms with Gasteiger partial charge >= 0.3 is 0 Å². The fraction of sp³-hybridized carbons (Fsp3) is 0.400. The summed E-state index contributed by atoms with van der Waals surface area (Å²) in [6.45, 7) is 9.34. The van der Waals surface area contributed by atoms with Gasteiger partial charge in [0.25, 0.3) is 10.0 Å². The van der Waals surface area contributed by atoms with Crippen LogP contribution in [0.25, 0.3) is 0 Å². The number of hydrogen-bond acceptors (Lipinski definition) is 3. The van der Waals surface area contributed by atoms with Crippen LogP contribution in [-0.2, 0) is 29.3 Å². The minimum Gasteiger partial charge on any atom is -0.506 e. The van der Waals surface area contributed by atoms with Gasteiger partial charge < -0.3 is 5.11 Å². The monoisotopic (exact) mass is 395 g/mol. The summed E-state index contributed by atoms with van der Waals surface area (Å²) in [4.78, 5) is 0.348. The molecule has 4 nitrogen and oxygen atoms in total. The van der Waals surface area contributed by atoms with E-state index in [4.69, 9.17) is 11.6 Å². The van der Waals surface area contributed by atoms with Gasteiger partial charge in [-0.25, -0.2) is 8.42 Å². The molecule has 2 N–H and O–H groups in total. The van der Waals surface area contributed by atoms with Crippen molar-refractivity contribution in [3.63, 3.8) is 0 Å². The Morgan fingerprint density at radius 1 is 1.00 bits per heavy atom. The van der Waals surface area contributed by atoms with E-state index in [1.165, 1.54) is 0 Å². The highest BCUT2D eigenvalue weighted by Crippen LogP contribution is 2.36. The molecule has 0 saturated carbocycles. The second-order valence-corrected chi connectivity index (χ2v) is 8.44. The number of hydrogen-bond donors (Lipinski definition) is 2. The first kappa shape index (κ1) is 20.6. The van der Waals surface area contributed by atoms with E-state index in [-0.39, 0.29) is 10.8 Å². The third-order valence-corrected chi connectivity index (χ3v) is 6.67. The molecule has 2 aromatic rings. The molecule has 142 valence electrons. The lowest BCUT2D eigenvalue weighted by molar-refractivity contribution is 0.471. The molecule has 0 fully saturated rings. The van der Waals surface area contributed by atoms with E-state index < -0.39 is 10.0 Å². The minimum atomic E-state index is -3.78. The van der Waals surface area contributed by atoms with Crippen molar-refractivity contribution < 1.29 is 13.5 Å². The molecule has 0 amide bonds. The lowest BCUT2D eigenvalue weighted by Gasteiger charge is -2.19. The summed E-state index contributed by atoms with van der Waals surface area (Å²) in [7, 11) is -3.78. The molecule has 0 aliphatic carbocycles. The van der Waals surface area contributed by atoms with E-state index in [0.29, 0.717) is 34.6 Å². The smallest absolute Gasteiger partial charge is 0.262 e. The van der Waals surface area contributed by atoms with Gasteiger partial charge in [-0.15, -0.1) is 0 Å². The number of halogens is 1. The fourth-order valence-electron chi connectivity index (χ4n) is 3.06. The Bertz CT molecular complexity index is 912. The third-order valence-electron chi connectivity index (χ3n) is 4.66. The zero-order valence-electron chi connectivity index (χ0n) is 15.9. The molecule has 0 radical (unpaired) electrons. The topological polar surface area (TPSA) is 66.4 Å². The van der Waals surface area contributed by atoms with Gasteiger partial charge in [-0.2, -0.15) is 0 Å². The largest absolute Gasteiger partial charge is 0.506 e. The maximum Gasteiger partial charge on any atom is 0.262 e. The summed E-state index contributed by atoms with van der Waals surface area (Å²) in [5.74, 6) is -0.0251. The van der Waals surface area contributed by atoms with Crippen molar-refractivity contribution in [2.45, 2.75) is 58.8 Å². The van der Waals surface area contributed by atoms with E-state index in [1.54, 1.807) is 19.9 Å². The predicted octanol–water partition coefficient (Wildman–Crippen LogP) is 5.15. The molecule has 0 heterocycles. The van der Waals surface area contributed by atoms with Crippen molar-refractivity contribution in [1.29, 1.82) is 0 Å². The highest BCUT2D eigenvalue weighted by molar-refractivity contribution is 7.92. The molecule has 0 bridgehead atoms. The summed E-state index contributed by atoms with van der Waals surface area (Å²) < 4.78 is 29.1. The Morgan fingerprint density at radius 2 is 1.54 bits per heavy atom. The Balaban J connectivity index is 2.63. The number of benzene rings is 2. The highest BCUT2D eigenvalue weighted by Gasteiger charge is 2.24. The molecule has 26 heavy (non-hydrogen) atoms. The van der Waals surface area contributed by atoms with Gasteiger partial charge in [-0.05, 0) is 67.0 Å². The minimum absolute atomic E-state index is 0.0251. The van der Waals surface area contributed by atoms with Gasteiger partial charge in [0, 0.05) is 0 Å². The van der Waals surface area contributed by atoms with Crippen molar-refractivity contribution in [2.24, 2.45) is 0 Å². The van der Waals surface area contributed by atoms with Crippen LogP contribution >= 0.6 is 11.6 Å². The normalized spacial score (nSPS) is 11.6. The first-order valence-corrected chi connectivity index (χ1v) is 10.7. The van der Waals surface area contributed by atoms with Crippen LogP contribution in [0.2, 0.25) is 5.02 Å². The Hall–Kier alpha value is -1.72. The molecule has 0 unspecified atom stereocenters. The molecule has 0 atom stereocenters. The number of anilines is 1. The van der Waals surface area contributed by atoms with E-state index in [0.717, 1.165) is 23.1 Å². The molecular formula is C20H26ClNO3S. The van der Waals surface area contributed by atoms with Gasteiger partial charge in [0.15, 0.2) is 0 Å². The third kappa shape index (κ3) is 3.84. The standard InChI is InChI=1S/C20H26ClNO3S/c1-6-14-10-15(7-2)20(16(8-3)11-14)26(24,25)22-17-9-12(4)19(23)18(21)13(17)5/h9-11,22-23H,6-8H2,1-5H3. The number of rotatable bonds is 6. The average molecular weight is 396 g/mol. The van der Waals surface area contributed by atoms with Gasteiger partial charge in [0.2, 0.25) is 0 Å². The van der Waals surface area contributed by atoms with Gasteiger partial charge in [0.05, 0.1) is 15.6 Å². The van der Waals surface area contributed by atoms with Gasteiger partial charge in [0.1, 0.15) is 5.75 Å². The number of aryl methyl sites for hydroxylation is 4. The summed E-state index contributed by atoms with van der Waals surface area (Å²) in [6, 6.07) is 5.54. The van der Waals surface area contributed by atoms with Crippen LogP contribution in [0.5, 0.6) is 5.75 Å². The number of phenols is 1. The molecule has 0 aliphatic heterocycles. The lowest BCUT2D eigenvalue weighted by atomic mass is 10.0.